The Kier molecular flexibility index (Phi) is 5.81. The normalized spacial score (nSPS) is 11.5. The van der Waals surface area contributed by atoms with Crippen LogP contribution in [0.4, 0.5) is 5.69 Å². The fourth-order valence-electron chi connectivity index (χ4n) is 1.26. The minimum atomic E-state index is -0.518. The molecular formula is C13H18N2O4. The Hall–Kier alpha value is -2.08. The molecule has 0 fully saturated rings. The summed E-state index contributed by atoms with van der Waals surface area (Å²) < 4.78 is 9.63. The van der Waals surface area contributed by atoms with Crippen LogP contribution >= 0.6 is 0 Å². The molecule has 1 atom stereocenters. The quantitative estimate of drug-likeness (QED) is 0.747. The smallest absolute Gasteiger partial charge is 0.343 e. The molecule has 0 spiro atoms. The number of carbonyl (C=O) groups is 2. The number of nitrogens with one attached hydrogen (secondary N) is 1. The zero-order valence-corrected chi connectivity index (χ0v) is 11.0. The Labute approximate surface area is 111 Å². The van der Waals surface area contributed by atoms with Crippen molar-refractivity contribution in [2.24, 2.45) is 5.73 Å². The molecule has 1 rings (SSSR count). The van der Waals surface area contributed by atoms with Crippen LogP contribution in [0.15, 0.2) is 24.3 Å². The van der Waals surface area contributed by atoms with Gasteiger partial charge in [-0.2, -0.15) is 0 Å². The van der Waals surface area contributed by atoms with Crippen molar-refractivity contribution >= 4 is 17.6 Å². The van der Waals surface area contributed by atoms with Gasteiger partial charge in [-0.05, 0) is 30.7 Å². The second-order valence-corrected chi connectivity index (χ2v) is 3.89. The highest BCUT2D eigenvalue weighted by Gasteiger charge is 2.10. The van der Waals surface area contributed by atoms with E-state index in [9.17, 15) is 9.59 Å². The van der Waals surface area contributed by atoms with Crippen molar-refractivity contribution in [2.45, 2.75) is 19.4 Å². The number of rotatable bonds is 6. The van der Waals surface area contributed by atoms with Crippen molar-refractivity contribution in [3.8, 4) is 5.75 Å². The van der Waals surface area contributed by atoms with Crippen molar-refractivity contribution in [3.63, 3.8) is 0 Å². The van der Waals surface area contributed by atoms with E-state index in [1.54, 1.807) is 24.3 Å². The number of nitrogens with two attached hydrogens (primary N) is 1. The number of amides is 1. The van der Waals surface area contributed by atoms with E-state index in [1.807, 2.05) is 6.92 Å². The molecule has 0 aliphatic rings. The van der Waals surface area contributed by atoms with Crippen molar-refractivity contribution in [3.05, 3.63) is 24.3 Å². The molecule has 19 heavy (non-hydrogen) atoms. The second-order valence-electron chi connectivity index (χ2n) is 3.89. The molecule has 0 saturated carbocycles. The monoisotopic (exact) mass is 266 g/mol. The molecule has 104 valence electrons. The highest BCUT2D eigenvalue weighted by molar-refractivity contribution is 5.94. The first-order valence-corrected chi connectivity index (χ1v) is 5.93. The van der Waals surface area contributed by atoms with Crippen molar-refractivity contribution in [1.29, 1.82) is 0 Å². The fraction of sp³-hybridized carbons (Fsp3) is 0.385. The molecule has 1 aromatic rings. The molecule has 0 aromatic heterocycles. The van der Waals surface area contributed by atoms with Crippen LogP contribution in [-0.2, 0) is 14.3 Å². The summed E-state index contributed by atoms with van der Waals surface area (Å²) in [5.74, 6) is -0.166. The number of esters is 1. The van der Waals surface area contributed by atoms with Crippen LogP contribution in [0.25, 0.3) is 0 Å². The number of carbonyl (C=O) groups excluding carboxylic acids is 2. The van der Waals surface area contributed by atoms with Crippen molar-refractivity contribution in [2.75, 3.05) is 19.0 Å². The highest BCUT2D eigenvalue weighted by Crippen LogP contribution is 2.15. The van der Waals surface area contributed by atoms with E-state index < -0.39 is 12.0 Å². The summed E-state index contributed by atoms with van der Waals surface area (Å²) in [5.41, 5.74) is 6.23. The summed E-state index contributed by atoms with van der Waals surface area (Å²) in [6.45, 7) is 1.69. The van der Waals surface area contributed by atoms with Crippen LogP contribution in [0.5, 0.6) is 5.75 Å². The van der Waals surface area contributed by atoms with E-state index >= 15 is 0 Å². The summed E-state index contributed by atoms with van der Waals surface area (Å²) in [5, 5.41) is 2.68. The predicted molar refractivity (Wildman–Crippen MR) is 70.8 cm³/mol. The largest absolute Gasteiger partial charge is 0.482 e. The Balaban J connectivity index is 2.52. The van der Waals surface area contributed by atoms with Gasteiger partial charge in [0.15, 0.2) is 6.61 Å². The third-order valence-electron chi connectivity index (χ3n) is 2.48. The van der Waals surface area contributed by atoms with E-state index in [0.717, 1.165) is 0 Å². The molecule has 6 heteroatoms. The molecule has 1 unspecified atom stereocenters. The SMILES string of the molecule is CCC(N)C(=O)Nc1ccc(OCC(=O)OC)cc1. The van der Waals surface area contributed by atoms with Crippen molar-refractivity contribution in [1.82, 2.24) is 0 Å². The minimum Gasteiger partial charge on any atom is -0.482 e. The van der Waals surface area contributed by atoms with Crippen LogP contribution in [0.3, 0.4) is 0 Å². The molecule has 0 saturated heterocycles. The Morgan fingerprint density at radius 2 is 1.95 bits per heavy atom. The van der Waals surface area contributed by atoms with Crippen LogP contribution < -0.4 is 15.8 Å². The number of hydrogen-bond acceptors (Lipinski definition) is 5. The van der Waals surface area contributed by atoms with E-state index in [4.69, 9.17) is 10.5 Å². The van der Waals surface area contributed by atoms with Gasteiger partial charge in [0.25, 0.3) is 0 Å². The molecule has 1 aromatic carbocycles. The molecule has 6 nitrogen and oxygen atoms in total. The highest BCUT2D eigenvalue weighted by atomic mass is 16.6. The lowest BCUT2D eigenvalue weighted by Gasteiger charge is -2.10. The van der Waals surface area contributed by atoms with Gasteiger partial charge in [0.2, 0.25) is 5.91 Å². The third kappa shape index (κ3) is 4.97. The molecule has 1 amide bonds. The number of benzene rings is 1. The van der Waals surface area contributed by atoms with Gasteiger partial charge in [-0.15, -0.1) is 0 Å². The van der Waals surface area contributed by atoms with Gasteiger partial charge in [0.1, 0.15) is 5.75 Å². The summed E-state index contributed by atoms with van der Waals surface area (Å²) in [4.78, 5) is 22.4. The van der Waals surface area contributed by atoms with Crippen LogP contribution in [0, 0.1) is 0 Å². The third-order valence-corrected chi connectivity index (χ3v) is 2.48. The molecule has 3 N–H and O–H groups in total. The minimum absolute atomic E-state index is 0.150. The number of ether oxygens (including phenoxy) is 2. The van der Waals surface area contributed by atoms with E-state index in [1.165, 1.54) is 7.11 Å². The number of methoxy groups -OCH3 is 1. The van der Waals surface area contributed by atoms with Gasteiger partial charge in [0, 0.05) is 5.69 Å². The first kappa shape index (κ1) is 15.0. The zero-order valence-electron chi connectivity index (χ0n) is 11.0. The lowest BCUT2D eigenvalue weighted by molar-refractivity contribution is -0.142. The standard InChI is InChI=1S/C13H18N2O4/c1-3-11(14)13(17)15-9-4-6-10(7-5-9)19-8-12(16)18-2/h4-7,11H,3,8,14H2,1-2H3,(H,15,17). The lowest BCUT2D eigenvalue weighted by atomic mass is 10.2. The summed E-state index contributed by atoms with van der Waals surface area (Å²) in [6.07, 6.45) is 0.576. The maximum atomic E-state index is 11.6. The average molecular weight is 266 g/mol. The van der Waals surface area contributed by atoms with Gasteiger partial charge in [-0.1, -0.05) is 6.92 Å². The van der Waals surface area contributed by atoms with Gasteiger partial charge in [-0.25, -0.2) is 4.79 Å². The Bertz CT molecular complexity index is 431. The van der Waals surface area contributed by atoms with Crippen LogP contribution in [0.2, 0.25) is 0 Å². The maximum absolute atomic E-state index is 11.6. The summed E-state index contributed by atoms with van der Waals surface area (Å²) in [7, 11) is 1.29. The molecule has 0 bridgehead atoms. The van der Waals surface area contributed by atoms with Crippen molar-refractivity contribution < 1.29 is 19.1 Å². The van der Waals surface area contributed by atoms with E-state index in [0.29, 0.717) is 17.9 Å². The van der Waals surface area contributed by atoms with Crippen LogP contribution in [-0.4, -0.2) is 31.6 Å². The van der Waals surface area contributed by atoms with Gasteiger partial charge >= 0.3 is 5.97 Å². The summed E-state index contributed by atoms with van der Waals surface area (Å²) >= 11 is 0. The number of hydrogen-bond donors (Lipinski definition) is 2. The maximum Gasteiger partial charge on any atom is 0.343 e. The second kappa shape index (κ2) is 7.38. The molecule has 0 aliphatic carbocycles. The van der Waals surface area contributed by atoms with Gasteiger partial charge < -0.3 is 20.5 Å². The number of anilines is 1. The fourth-order valence-corrected chi connectivity index (χ4v) is 1.26. The zero-order chi connectivity index (χ0) is 14.3. The van der Waals surface area contributed by atoms with Gasteiger partial charge in [-0.3, -0.25) is 4.79 Å². The first-order chi connectivity index (χ1) is 9.06. The molecule has 0 radical (unpaired) electrons. The van der Waals surface area contributed by atoms with Crippen LogP contribution in [0.1, 0.15) is 13.3 Å². The molecular weight excluding hydrogens is 248 g/mol. The first-order valence-electron chi connectivity index (χ1n) is 5.93. The average Bonchev–Trinajstić information content (AvgIpc) is 2.45. The predicted octanol–water partition coefficient (Wildman–Crippen LogP) is 0.914. The molecule has 0 aliphatic heterocycles. The Morgan fingerprint density at radius 1 is 1.32 bits per heavy atom. The summed E-state index contributed by atoms with van der Waals surface area (Å²) in [6, 6.07) is 6.13. The topological polar surface area (TPSA) is 90.7 Å². The van der Waals surface area contributed by atoms with E-state index in [2.05, 4.69) is 10.1 Å². The van der Waals surface area contributed by atoms with Gasteiger partial charge in [0.05, 0.1) is 13.2 Å². The van der Waals surface area contributed by atoms with E-state index in [-0.39, 0.29) is 12.5 Å². The Morgan fingerprint density at radius 3 is 2.47 bits per heavy atom. The lowest BCUT2D eigenvalue weighted by Crippen LogP contribution is -2.34. The molecule has 0 heterocycles.